The fourth-order valence-corrected chi connectivity index (χ4v) is 2.47. The second-order valence-electron chi connectivity index (χ2n) is 5.74. The number of rotatable bonds is 6. The van der Waals surface area contributed by atoms with Crippen molar-refractivity contribution in [3.63, 3.8) is 0 Å². The third-order valence-corrected chi connectivity index (χ3v) is 3.72. The maximum Gasteiger partial charge on any atom is 0.280 e. The summed E-state index contributed by atoms with van der Waals surface area (Å²) in [6.45, 7) is 2.43. The van der Waals surface area contributed by atoms with Gasteiger partial charge in [-0.1, -0.05) is 24.3 Å². The molecule has 0 atom stereocenters. The molecule has 0 aliphatic heterocycles. The van der Waals surface area contributed by atoms with Crippen LogP contribution in [0.3, 0.4) is 0 Å². The van der Waals surface area contributed by atoms with E-state index in [9.17, 15) is 9.59 Å². The lowest BCUT2D eigenvalue weighted by Crippen LogP contribution is -2.33. The Labute approximate surface area is 145 Å². The first-order valence-corrected chi connectivity index (χ1v) is 8.09. The SMILES string of the molecule is Cc1cccc(OCCCC(=O)Nn2cnc3ccccc3c2=O)c1. The summed E-state index contributed by atoms with van der Waals surface area (Å²) in [4.78, 5) is 28.5. The van der Waals surface area contributed by atoms with Gasteiger partial charge in [0.25, 0.3) is 5.56 Å². The number of hydrogen-bond acceptors (Lipinski definition) is 4. The molecule has 0 saturated carbocycles. The van der Waals surface area contributed by atoms with Crippen LogP contribution in [-0.2, 0) is 4.79 Å². The van der Waals surface area contributed by atoms with E-state index in [1.165, 1.54) is 6.33 Å². The lowest BCUT2D eigenvalue weighted by molar-refractivity contribution is -0.117. The molecule has 1 aromatic heterocycles. The Kier molecular flexibility index (Phi) is 5.09. The first kappa shape index (κ1) is 16.7. The molecule has 0 spiro atoms. The smallest absolute Gasteiger partial charge is 0.280 e. The van der Waals surface area contributed by atoms with Gasteiger partial charge in [0.2, 0.25) is 5.91 Å². The summed E-state index contributed by atoms with van der Waals surface area (Å²) >= 11 is 0. The van der Waals surface area contributed by atoms with Crippen LogP contribution in [-0.4, -0.2) is 22.2 Å². The Balaban J connectivity index is 1.53. The lowest BCUT2D eigenvalue weighted by atomic mass is 10.2. The molecule has 0 saturated heterocycles. The molecule has 0 aliphatic carbocycles. The standard InChI is InChI=1S/C19H19N3O3/c1-14-6-4-7-15(12-14)25-11-5-10-18(23)21-22-13-20-17-9-3-2-8-16(17)19(22)24/h2-4,6-9,12-13H,5,10-11H2,1H3,(H,21,23). The van der Waals surface area contributed by atoms with E-state index in [4.69, 9.17) is 4.74 Å². The van der Waals surface area contributed by atoms with Crippen LogP contribution < -0.4 is 15.7 Å². The topological polar surface area (TPSA) is 73.2 Å². The van der Waals surface area contributed by atoms with Crippen molar-refractivity contribution in [3.8, 4) is 5.75 Å². The molecule has 0 aliphatic rings. The van der Waals surface area contributed by atoms with Crippen molar-refractivity contribution in [3.05, 3.63) is 70.8 Å². The van der Waals surface area contributed by atoms with E-state index in [1.807, 2.05) is 37.3 Å². The first-order chi connectivity index (χ1) is 12.1. The molecule has 1 heterocycles. The highest BCUT2D eigenvalue weighted by atomic mass is 16.5. The number of para-hydroxylation sites is 1. The maximum absolute atomic E-state index is 12.3. The van der Waals surface area contributed by atoms with Crippen molar-refractivity contribution in [2.24, 2.45) is 0 Å². The number of nitrogens with one attached hydrogen (secondary N) is 1. The number of ether oxygens (including phenoxy) is 1. The van der Waals surface area contributed by atoms with E-state index in [1.54, 1.807) is 18.2 Å². The maximum atomic E-state index is 12.3. The number of aromatic nitrogens is 2. The van der Waals surface area contributed by atoms with Crippen molar-refractivity contribution in [1.29, 1.82) is 0 Å². The van der Waals surface area contributed by atoms with Gasteiger partial charge >= 0.3 is 0 Å². The average molecular weight is 337 g/mol. The molecule has 1 N–H and O–H groups in total. The molecule has 0 unspecified atom stereocenters. The van der Waals surface area contributed by atoms with Gasteiger partial charge in [-0.3, -0.25) is 15.0 Å². The van der Waals surface area contributed by atoms with Gasteiger partial charge in [-0.15, -0.1) is 0 Å². The zero-order chi connectivity index (χ0) is 17.6. The van der Waals surface area contributed by atoms with Crippen molar-refractivity contribution >= 4 is 16.8 Å². The molecular weight excluding hydrogens is 318 g/mol. The number of aryl methyl sites for hydroxylation is 1. The zero-order valence-corrected chi connectivity index (χ0v) is 13.9. The number of amides is 1. The van der Waals surface area contributed by atoms with E-state index in [0.717, 1.165) is 16.0 Å². The summed E-state index contributed by atoms with van der Waals surface area (Å²) in [5.74, 6) is 0.530. The summed E-state index contributed by atoms with van der Waals surface area (Å²) < 4.78 is 6.73. The van der Waals surface area contributed by atoms with Crippen molar-refractivity contribution in [2.45, 2.75) is 19.8 Å². The Hall–Kier alpha value is -3.15. The number of carbonyl (C=O) groups is 1. The first-order valence-electron chi connectivity index (χ1n) is 8.09. The van der Waals surface area contributed by atoms with Crippen LogP contribution >= 0.6 is 0 Å². The van der Waals surface area contributed by atoms with Crippen LogP contribution in [0.5, 0.6) is 5.75 Å². The van der Waals surface area contributed by atoms with E-state index >= 15 is 0 Å². The fraction of sp³-hybridized carbons (Fsp3) is 0.211. The zero-order valence-electron chi connectivity index (χ0n) is 13.9. The summed E-state index contributed by atoms with van der Waals surface area (Å²) in [5.41, 5.74) is 3.99. The number of benzene rings is 2. The van der Waals surface area contributed by atoms with Crippen molar-refractivity contribution in [2.75, 3.05) is 12.0 Å². The molecule has 6 heteroatoms. The third-order valence-electron chi connectivity index (χ3n) is 3.72. The van der Waals surface area contributed by atoms with E-state index in [-0.39, 0.29) is 17.9 Å². The number of nitrogens with zero attached hydrogens (tertiary/aromatic N) is 2. The van der Waals surface area contributed by atoms with Gasteiger partial charge in [0, 0.05) is 6.42 Å². The highest BCUT2D eigenvalue weighted by Crippen LogP contribution is 2.12. The van der Waals surface area contributed by atoms with Crippen LogP contribution in [0.15, 0.2) is 59.7 Å². The minimum atomic E-state index is -0.296. The van der Waals surface area contributed by atoms with E-state index in [0.29, 0.717) is 23.9 Å². The fourth-order valence-electron chi connectivity index (χ4n) is 2.47. The average Bonchev–Trinajstić information content (AvgIpc) is 2.61. The van der Waals surface area contributed by atoms with Gasteiger partial charge in [0.05, 0.1) is 17.5 Å². The Bertz CT molecular complexity index is 950. The second kappa shape index (κ2) is 7.61. The quantitative estimate of drug-likeness (QED) is 0.702. The van der Waals surface area contributed by atoms with Crippen molar-refractivity contribution < 1.29 is 9.53 Å². The van der Waals surface area contributed by atoms with E-state index < -0.39 is 0 Å². The van der Waals surface area contributed by atoms with Gasteiger partial charge < -0.3 is 4.74 Å². The molecule has 0 fully saturated rings. The van der Waals surface area contributed by atoms with Gasteiger partial charge in [0.15, 0.2) is 0 Å². The molecule has 0 bridgehead atoms. The predicted molar refractivity (Wildman–Crippen MR) is 96.3 cm³/mol. The minimum Gasteiger partial charge on any atom is -0.494 e. The van der Waals surface area contributed by atoms with Gasteiger partial charge in [-0.2, -0.15) is 0 Å². The van der Waals surface area contributed by atoms with E-state index in [2.05, 4.69) is 10.4 Å². The molecule has 0 radical (unpaired) electrons. The van der Waals surface area contributed by atoms with Crippen molar-refractivity contribution in [1.82, 2.24) is 9.66 Å². The van der Waals surface area contributed by atoms with Gasteiger partial charge in [-0.05, 0) is 43.2 Å². The lowest BCUT2D eigenvalue weighted by Gasteiger charge is -2.09. The molecule has 2 aromatic carbocycles. The molecule has 1 amide bonds. The summed E-state index contributed by atoms with van der Waals surface area (Å²) in [6.07, 6.45) is 2.13. The summed E-state index contributed by atoms with van der Waals surface area (Å²) in [5, 5.41) is 0.466. The van der Waals surface area contributed by atoms with Crippen LogP contribution in [0.1, 0.15) is 18.4 Å². The summed E-state index contributed by atoms with van der Waals surface area (Å²) in [7, 11) is 0. The molecule has 25 heavy (non-hydrogen) atoms. The van der Waals surface area contributed by atoms with Crippen LogP contribution in [0.4, 0.5) is 0 Å². The number of carbonyl (C=O) groups excluding carboxylic acids is 1. The van der Waals surface area contributed by atoms with Gasteiger partial charge in [0.1, 0.15) is 12.1 Å². The predicted octanol–water partition coefficient (Wildman–Crippen LogP) is 2.63. The Morgan fingerprint density at radius 2 is 2.04 bits per heavy atom. The molecule has 128 valence electrons. The van der Waals surface area contributed by atoms with Crippen LogP contribution in [0, 0.1) is 6.92 Å². The highest BCUT2D eigenvalue weighted by molar-refractivity contribution is 5.84. The summed E-state index contributed by atoms with van der Waals surface area (Å²) in [6, 6.07) is 14.8. The van der Waals surface area contributed by atoms with Crippen LogP contribution in [0.25, 0.3) is 10.9 Å². The van der Waals surface area contributed by atoms with Gasteiger partial charge in [-0.25, -0.2) is 9.66 Å². The monoisotopic (exact) mass is 337 g/mol. The molecular formula is C19H19N3O3. The molecule has 3 aromatic rings. The third kappa shape index (κ3) is 4.23. The normalized spacial score (nSPS) is 10.6. The minimum absolute atomic E-state index is 0.255. The second-order valence-corrected chi connectivity index (χ2v) is 5.74. The Morgan fingerprint density at radius 1 is 1.20 bits per heavy atom. The molecule has 3 rings (SSSR count). The largest absolute Gasteiger partial charge is 0.494 e. The highest BCUT2D eigenvalue weighted by Gasteiger charge is 2.07. The van der Waals surface area contributed by atoms with Crippen LogP contribution in [0.2, 0.25) is 0 Å². The number of hydrogen-bond donors (Lipinski definition) is 1. The molecule has 6 nitrogen and oxygen atoms in total. The Morgan fingerprint density at radius 3 is 2.88 bits per heavy atom. The number of fused-ring (bicyclic) bond motifs is 1.